The van der Waals surface area contributed by atoms with Gasteiger partial charge < -0.3 is 0 Å². The molecule has 8 heteroatoms. The zero-order valence-corrected chi connectivity index (χ0v) is 12.3. The van der Waals surface area contributed by atoms with Gasteiger partial charge in [0.2, 0.25) is 5.95 Å². The highest BCUT2D eigenvalue weighted by atomic mass is 35.5. The molecule has 0 aliphatic heterocycles. The molecule has 0 atom stereocenters. The van der Waals surface area contributed by atoms with Gasteiger partial charge in [-0.3, -0.25) is 0 Å². The highest BCUT2D eigenvalue weighted by Crippen LogP contribution is 2.20. The maximum Gasteiger partial charge on any atom is 0.264 e. The van der Waals surface area contributed by atoms with E-state index in [0.717, 1.165) is 18.2 Å². The Hall–Kier alpha value is -1.73. The number of aromatic nitrogens is 2. The van der Waals surface area contributed by atoms with E-state index >= 15 is 0 Å². The molecule has 106 valence electrons. The van der Waals surface area contributed by atoms with Gasteiger partial charge in [0.25, 0.3) is 10.0 Å². The monoisotopic (exact) mass is 315 g/mol. The molecule has 0 bridgehead atoms. The summed E-state index contributed by atoms with van der Waals surface area (Å²) in [7, 11) is -3.91. The third-order valence-electron chi connectivity index (χ3n) is 2.41. The van der Waals surface area contributed by atoms with Crippen LogP contribution in [-0.4, -0.2) is 18.4 Å². The second-order valence-corrected chi connectivity index (χ2v) is 6.25. The van der Waals surface area contributed by atoms with Crippen LogP contribution in [0.1, 0.15) is 11.4 Å². The molecule has 5 nitrogen and oxygen atoms in total. The number of rotatable bonds is 3. The third kappa shape index (κ3) is 3.23. The molecule has 1 aromatic carbocycles. The summed E-state index contributed by atoms with van der Waals surface area (Å²) in [6.45, 7) is 3.45. The van der Waals surface area contributed by atoms with Gasteiger partial charge in [-0.05, 0) is 38.1 Å². The van der Waals surface area contributed by atoms with Crippen LogP contribution in [0.4, 0.5) is 10.3 Å². The second-order valence-electron chi connectivity index (χ2n) is 4.16. The lowest BCUT2D eigenvalue weighted by atomic mass is 10.3. The lowest BCUT2D eigenvalue weighted by Gasteiger charge is -2.08. The fraction of sp³-hybridized carbons (Fsp3) is 0.167. The number of benzene rings is 1. The normalized spacial score (nSPS) is 11.4. The Morgan fingerprint density at radius 1 is 1.15 bits per heavy atom. The SMILES string of the molecule is Cc1cc(C)nc(NS(=O)(=O)c2ccc(F)c(Cl)c2)n1. The molecular weight excluding hydrogens is 305 g/mol. The van der Waals surface area contributed by atoms with E-state index in [4.69, 9.17) is 11.6 Å². The van der Waals surface area contributed by atoms with Crippen molar-refractivity contribution < 1.29 is 12.8 Å². The van der Waals surface area contributed by atoms with Crippen LogP contribution in [0, 0.1) is 19.7 Å². The summed E-state index contributed by atoms with van der Waals surface area (Å²) in [6, 6.07) is 4.85. The molecule has 0 saturated carbocycles. The molecule has 0 amide bonds. The summed E-state index contributed by atoms with van der Waals surface area (Å²) in [5.74, 6) is -0.726. The number of nitrogens with zero attached hydrogens (tertiary/aromatic N) is 2. The van der Waals surface area contributed by atoms with Crippen LogP contribution in [0.2, 0.25) is 5.02 Å². The van der Waals surface area contributed by atoms with Crippen molar-refractivity contribution in [3.63, 3.8) is 0 Å². The Kier molecular flexibility index (Phi) is 3.92. The Bertz CT molecular complexity index is 745. The summed E-state index contributed by atoms with van der Waals surface area (Å²) in [4.78, 5) is 7.79. The molecule has 0 saturated heterocycles. The molecule has 1 heterocycles. The number of halogens is 2. The second kappa shape index (κ2) is 5.34. The fourth-order valence-electron chi connectivity index (χ4n) is 1.59. The summed E-state index contributed by atoms with van der Waals surface area (Å²) >= 11 is 5.57. The van der Waals surface area contributed by atoms with Crippen LogP contribution in [0.15, 0.2) is 29.2 Å². The maximum absolute atomic E-state index is 13.0. The van der Waals surface area contributed by atoms with Gasteiger partial charge in [0.1, 0.15) is 5.82 Å². The van der Waals surface area contributed by atoms with E-state index in [0.29, 0.717) is 11.4 Å². The molecule has 0 aliphatic rings. The van der Waals surface area contributed by atoms with Crippen molar-refractivity contribution in [2.75, 3.05) is 4.72 Å². The number of hydrogen-bond donors (Lipinski definition) is 1. The zero-order valence-electron chi connectivity index (χ0n) is 10.7. The largest absolute Gasteiger partial charge is 0.264 e. The van der Waals surface area contributed by atoms with Crippen molar-refractivity contribution in [1.29, 1.82) is 0 Å². The third-order valence-corrected chi connectivity index (χ3v) is 4.02. The fourth-order valence-corrected chi connectivity index (χ4v) is 2.81. The van der Waals surface area contributed by atoms with Gasteiger partial charge in [-0.15, -0.1) is 0 Å². The van der Waals surface area contributed by atoms with Crippen molar-refractivity contribution in [2.24, 2.45) is 0 Å². The molecule has 0 unspecified atom stereocenters. The van der Waals surface area contributed by atoms with E-state index in [-0.39, 0.29) is 15.9 Å². The average molecular weight is 316 g/mol. The molecule has 2 rings (SSSR count). The van der Waals surface area contributed by atoms with Crippen LogP contribution in [-0.2, 0) is 10.0 Å². The van der Waals surface area contributed by atoms with Crippen LogP contribution < -0.4 is 4.72 Å². The molecule has 0 fully saturated rings. The molecular formula is C12H11ClFN3O2S. The summed E-state index contributed by atoms with van der Waals surface area (Å²) in [6.07, 6.45) is 0. The minimum atomic E-state index is -3.91. The van der Waals surface area contributed by atoms with Crippen LogP contribution >= 0.6 is 11.6 Å². The van der Waals surface area contributed by atoms with Gasteiger partial charge in [-0.2, -0.15) is 0 Å². The molecule has 2 aromatic rings. The topological polar surface area (TPSA) is 72.0 Å². The summed E-state index contributed by atoms with van der Waals surface area (Å²) in [5.41, 5.74) is 1.26. The Morgan fingerprint density at radius 2 is 1.75 bits per heavy atom. The first-order valence-electron chi connectivity index (χ1n) is 5.58. The highest BCUT2D eigenvalue weighted by molar-refractivity contribution is 7.92. The van der Waals surface area contributed by atoms with Gasteiger partial charge in [0, 0.05) is 11.4 Å². The predicted molar refractivity (Wildman–Crippen MR) is 73.7 cm³/mol. The van der Waals surface area contributed by atoms with E-state index in [1.807, 2.05) is 0 Å². The number of anilines is 1. The van der Waals surface area contributed by atoms with Crippen molar-refractivity contribution in [1.82, 2.24) is 9.97 Å². The van der Waals surface area contributed by atoms with Crippen LogP contribution in [0.25, 0.3) is 0 Å². The van der Waals surface area contributed by atoms with Crippen molar-refractivity contribution in [3.8, 4) is 0 Å². The minimum Gasteiger partial charge on any atom is -0.247 e. The first-order chi connectivity index (χ1) is 9.28. The lowest BCUT2D eigenvalue weighted by molar-refractivity contribution is 0.599. The molecule has 0 aliphatic carbocycles. The number of aryl methyl sites for hydroxylation is 2. The van der Waals surface area contributed by atoms with E-state index < -0.39 is 15.8 Å². The molecule has 1 aromatic heterocycles. The number of hydrogen-bond acceptors (Lipinski definition) is 4. The Morgan fingerprint density at radius 3 is 2.30 bits per heavy atom. The highest BCUT2D eigenvalue weighted by Gasteiger charge is 2.17. The smallest absolute Gasteiger partial charge is 0.247 e. The van der Waals surface area contributed by atoms with Crippen LogP contribution in [0.3, 0.4) is 0 Å². The predicted octanol–water partition coefficient (Wildman–Crippen LogP) is 2.69. The van der Waals surface area contributed by atoms with E-state index in [1.54, 1.807) is 19.9 Å². The Balaban J connectivity index is 2.37. The molecule has 0 radical (unpaired) electrons. The van der Waals surface area contributed by atoms with Crippen LogP contribution in [0.5, 0.6) is 0 Å². The van der Waals surface area contributed by atoms with E-state index in [1.165, 1.54) is 0 Å². The maximum atomic E-state index is 13.0. The number of sulfonamides is 1. The van der Waals surface area contributed by atoms with Gasteiger partial charge in [-0.25, -0.2) is 27.5 Å². The zero-order chi connectivity index (χ0) is 14.9. The van der Waals surface area contributed by atoms with Gasteiger partial charge in [0.15, 0.2) is 0 Å². The molecule has 20 heavy (non-hydrogen) atoms. The van der Waals surface area contributed by atoms with E-state index in [2.05, 4.69) is 14.7 Å². The quantitative estimate of drug-likeness (QED) is 0.945. The van der Waals surface area contributed by atoms with Gasteiger partial charge >= 0.3 is 0 Å². The van der Waals surface area contributed by atoms with E-state index in [9.17, 15) is 12.8 Å². The lowest BCUT2D eigenvalue weighted by Crippen LogP contribution is -2.15. The summed E-state index contributed by atoms with van der Waals surface area (Å²) < 4.78 is 39.5. The number of nitrogens with one attached hydrogen (secondary N) is 1. The van der Waals surface area contributed by atoms with Crippen molar-refractivity contribution in [3.05, 3.63) is 46.5 Å². The van der Waals surface area contributed by atoms with Crippen molar-refractivity contribution in [2.45, 2.75) is 18.7 Å². The average Bonchev–Trinajstić information content (AvgIpc) is 2.30. The summed E-state index contributed by atoms with van der Waals surface area (Å²) in [5, 5.41) is -0.269. The first-order valence-corrected chi connectivity index (χ1v) is 7.44. The Labute approximate surface area is 120 Å². The molecule has 0 spiro atoms. The molecule has 1 N–H and O–H groups in total. The first kappa shape index (κ1) is 14.7. The van der Waals surface area contributed by atoms with Gasteiger partial charge in [0.05, 0.1) is 9.92 Å². The standard InChI is InChI=1S/C12H11ClFN3O2S/c1-7-5-8(2)16-12(15-7)17-20(18,19)9-3-4-11(14)10(13)6-9/h3-6H,1-2H3,(H,15,16,17). The minimum absolute atomic E-state index is 0.0389. The van der Waals surface area contributed by atoms with Crippen molar-refractivity contribution >= 4 is 27.6 Å². The van der Waals surface area contributed by atoms with Gasteiger partial charge in [-0.1, -0.05) is 11.6 Å².